The standard InChI is InChI=1S/C41H63N7O8.CH3FS/c1-11-33-41(7)37(48(40(52)56-41)19-13-12-18-47-23-31(43-44-47)29-15-14-16-30(42)22-29)28(6)46(10)20-17-24(2)36(26(4)34(49)27(5)38(51)54-33)55-39-35(50)32(45(8)9)21-25(3)53-39;1-3-2/h14-17,22-23,25-28,32-33,35-37,39,50H,11-13,18-21,42H2,1-10H3;1H3/b24-17+;/t25-,26+,27-,28-,32?,33-,35?,36+,37-,39+,41-;/m1./s1. The molecule has 1 aromatic carbocycles. The lowest BCUT2D eigenvalue weighted by Gasteiger charge is -2.43. The Morgan fingerprint density at radius 2 is 1.81 bits per heavy atom. The van der Waals surface area contributed by atoms with Crippen LogP contribution in [0.25, 0.3) is 11.3 Å². The number of rotatable bonds is 10. The van der Waals surface area contributed by atoms with E-state index in [0.29, 0.717) is 44.6 Å². The molecule has 2 fully saturated rings. The van der Waals surface area contributed by atoms with Crippen molar-refractivity contribution in [1.82, 2.24) is 29.7 Å². The molecule has 0 aliphatic carbocycles. The van der Waals surface area contributed by atoms with Gasteiger partial charge in [-0.2, -0.15) is 3.89 Å². The highest BCUT2D eigenvalue weighted by atomic mass is 32.2. The molecule has 15 nitrogen and oxygen atoms in total. The van der Waals surface area contributed by atoms with Crippen LogP contribution in [-0.4, -0.2) is 148 Å². The zero-order valence-electron chi connectivity index (χ0n) is 36.5. The highest BCUT2D eigenvalue weighted by Gasteiger charge is 2.59. The minimum Gasteiger partial charge on any atom is -0.458 e. The largest absolute Gasteiger partial charge is 0.458 e. The molecule has 0 spiro atoms. The zero-order valence-corrected chi connectivity index (χ0v) is 37.4. The molecule has 0 radical (unpaired) electrons. The van der Waals surface area contributed by atoms with E-state index in [-0.39, 0.29) is 36.1 Å². The van der Waals surface area contributed by atoms with Gasteiger partial charge in [-0.05, 0) is 99.2 Å². The second kappa shape index (κ2) is 21.3. The van der Waals surface area contributed by atoms with Crippen LogP contribution in [0.1, 0.15) is 74.1 Å². The molecule has 0 saturated carbocycles. The maximum absolute atomic E-state index is 14.1. The molecule has 3 aliphatic heterocycles. The molecule has 17 heteroatoms. The van der Waals surface area contributed by atoms with Gasteiger partial charge < -0.3 is 34.7 Å². The molecule has 1 aromatic heterocycles. The Morgan fingerprint density at radius 3 is 2.46 bits per heavy atom. The third-order valence-electron chi connectivity index (χ3n) is 12.0. The third-order valence-corrected chi connectivity index (χ3v) is 12.0. The summed E-state index contributed by atoms with van der Waals surface area (Å²) in [6.07, 6.45) is 3.43. The van der Waals surface area contributed by atoms with Crippen LogP contribution < -0.4 is 5.73 Å². The number of carbonyl (C=O) groups excluding carboxylic acids is 3. The second-order valence-electron chi connectivity index (χ2n) is 16.5. The van der Waals surface area contributed by atoms with Crippen LogP contribution >= 0.6 is 12.1 Å². The van der Waals surface area contributed by atoms with E-state index in [1.807, 2.05) is 97.2 Å². The molecule has 59 heavy (non-hydrogen) atoms. The molecule has 2 unspecified atom stereocenters. The molecule has 1 amide bonds. The number of nitrogens with zero attached hydrogens (tertiary/aromatic N) is 6. The van der Waals surface area contributed by atoms with Crippen molar-refractivity contribution in [2.24, 2.45) is 11.8 Å². The lowest BCUT2D eigenvalue weighted by Crippen LogP contribution is -2.61. The number of unbranched alkanes of at least 4 members (excludes halogenated alkanes) is 1. The quantitative estimate of drug-likeness (QED) is 0.103. The Morgan fingerprint density at radius 1 is 1.14 bits per heavy atom. The number of fused-ring (bicyclic) bond motifs is 1. The highest BCUT2D eigenvalue weighted by molar-refractivity contribution is 7.93. The molecule has 3 N–H and O–H groups in total. The van der Waals surface area contributed by atoms with Gasteiger partial charge in [0.15, 0.2) is 17.7 Å². The molecule has 0 bridgehead atoms. The first-order valence-electron chi connectivity index (χ1n) is 20.5. The maximum atomic E-state index is 14.1. The number of hydrogen-bond acceptors (Lipinski definition) is 14. The van der Waals surface area contributed by atoms with E-state index in [1.54, 1.807) is 23.4 Å². The number of Topliss-reactive ketones (excluding diaryl/α,β-unsaturated/α-hetero) is 1. The molecule has 330 valence electrons. The second-order valence-corrected chi connectivity index (χ2v) is 16.9. The average Bonchev–Trinajstić information content (AvgIpc) is 3.77. The molecule has 5 rings (SSSR count). The lowest BCUT2D eigenvalue weighted by molar-refractivity contribution is -0.267. The number of cyclic esters (lactones) is 1. The number of ketones is 1. The third kappa shape index (κ3) is 11.4. The van der Waals surface area contributed by atoms with E-state index in [9.17, 15) is 23.4 Å². The number of hydrogen-bond donors (Lipinski definition) is 2. The summed E-state index contributed by atoms with van der Waals surface area (Å²) in [7, 11) is 5.78. The predicted molar refractivity (Wildman–Crippen MR) is 226 cm³/mol. The van der Waals surface area contributed by atoms with Gasteiger partial charge in [-0.3, -0.25) is 24.1 Å². The molecular formula is C42H66FN7O8S. The number of carbonyl (C=O) groups is 3. The fraction of sp³-hybridized carbons (Fsp3) is 0.690. The van der Waals surface area contributed by atoms with Crippen molar-refractivity contribution in [3.05, 3.63) is 42.1 Å². The van der Waals surface area contributed by atoms with Crippen molar-refractivity contribution in [2.75, 3.05) is 46.2 Å². The van der Waals surface area contributed by atoms with Crippen LogP contribution in [-0.2, 0) is 35.1 Å². The number of aryl methyl sites for hydroxylation is 1. The summed E-state index contributed by atoms with van der Waals surface area (Å²) in [5, 5.41) is 19.9. The van der Waals surface area contributed by atoms with Gasteiger partial charge in [-0.25, -0.2) is 4.79 Å². The first kappa shape index (κ1) is 48.1. The zero-order chi connectivity index (χ0) is 43.8. The van der Waals surface area contributed by atoms with Crippen molar-refractivity contribution in [3.8, 4) is 11.3 Å². The minimum atomic E-state index is -1.20. The Bertz CT molecular complexity index is 1750. The van der Waals surface area contributed by atoms with Crippen LogP contribution in [0.5, 0.6) is 0 Å². The van der Waals surface area contributed by atoms with Crippen LogP contribution in [0.15, 0.2) is 42.1 Å². The molecule has 3 aliphatic rings. The van der Waals surface area contributed by atoms with E-state index in [1.165, 1.54) is 6.26 Å². The van der Waals surface area contributed by atoms with E-state index in [0.717, 1.165) is 23.3 Å². The number of esters is 1. The summed E-state index contributed by atoms with van der Waals surface area (Å²) in [5.41, 5.74) is 7.78. The first-order chi connectivity index (χ1) is 27.9. The van der Waals surface area contributed by atoms with Crippen LogP contribution in [0.3, 0.4) is 0 Å². The van der Waals surface area contributed by atoms with Gasteiger partial charge in [0.2, 0.25) is 0 Å². The summed E-state index contributed by atoms with van der Waals surface area (Å²) in [4.78, 5) is 47.5. The number of aromatic nitrogens is 3. The fourth-order valence-electron chi connectivity index (χ4n) is 8.49. The van der Waals surface area contributed by atoms with Gasteiger partial charge >= 0.3 is 12.1 Å². The summed E-state index contributed by atoms with van der Waals surface area (Å²) in [6, 6.07) is 6.55. The van der Waals surface area contributed by atoms with Crippen LogP contribution in [0, 0.1) is 11.8 Å². The Kier molecular flexibility index (Phi) is 17.3. The molecule has 2 saturated heterocycles. The van der Waals surface area contributed by atoms with Crippen molar-refractivity contribution in [2.45, 2.75) is 135 Å². The van der Waals surface area contributed by atoms with Gasteiger partial charge in [0.05, 0.1) is 24.4 Å². The monoisotopic (exact) mass is 847 g/mol. The number of benzene rings is 1. The number of aliphatic hydroxyl groups is 1. The number of anilines is 1. The van der Waals surface area contributed by atoms with E-state index < -0.39 is 60.1 Å². The number of likely N-dealkylation sites (N-methyl/N-ethyl adjacent to an activating group) is 2. The van der Waals surface area contributed by atoms with Crippen LogP contribution in [0.2, 0.25) is 0 Å². The van der Waals surface area contributed by atoms with Gasteiger partial charge in [-0.15, -0.1) is 5.10 Å². The summed E-state index contributed by atoms with van der Waals surface area (Å²) in [6.45, 7) is 14.3. The average molecular weight is 848 g/mol. The number of aliphatic hydroxyl groups excluding tert-OH is 1. The normalized spacial score (nSPS) is 33.3. The van der Waals surface area contributed by atoms with Gasteiger partial charge in [0.25, 0.3) is 0 Å². The smallest absolute Gasteiger partial charge is 0.410 e. The number of ether oxygens (including phenoxy) is 4. The van der Waals surface area contributed by atoms with Crippen LogP contribution in [0.4, 0.5) is 14.4 Å². The number of nitrogens with two attached hydrogens (primary N) is 1. The lowest BCUT2D eigenvalue weighted by atomic mass is 9.83. The van der Waals surface area contributed by atoms with Crippen molar-refractivity contribution >= 4 is 35.7 Å². The molecule has 2 aromatic rings. The predicted octanol–water partition coefficient (Wildman–Crippen LogP) is 5.38. The Hall–Kier alpha value is -3.61. The van der Waals surface area contributed by atoms with Crippen molar-refractivity contribution in [1.29, 1.82) is 0 Å². The molecular weight excluding hydrogens is 782 g/mol. The number of halogens is 1. The van der Waals surface area contributed by atoms with Crippen molar-refractivity contribution < 1.29 is 42.3 Å². The summed E-state index contributed by atoms with van der Waals surface area (Å²) < 4.78 is 37.0. The fourth-order valence-corrected chi connectivity index (χ4v) is 8.49. The van der Waals surface area contributed by atoms with E-state index in [4.69, 9.17) is 24.7 Å². The Labute approximate surface area is 353 Å². The first-order valence-corrected chi connectivity index (χ1v) is 21.7. The highest BCUT2D eigenvalue weighted by Crippen LogP contribution is 2.40. The molecule has 4 heterocycles. The minimum absolute atomic E-state index is 0.180. The Balaban J connectivity index is 0.00000248. The SMILES string of the molecule is CC[C@H]1OC(=O)[C@H](C)C(=O)[C@H](C)[C@@H](O[C@@H]2O[C@H](C)CC(N(C)C)C2O)/C(C)=C/CN(C)[C@H](C)[C@H]2N(CCCCn3cc(-c4cccc(N)c4)nn3)C(=O)O[C@]12C.CSF. The maximum Gasteiger partial charge on any atom is 0.410 e. The van der Waals surface area contributed by atoms with Gasteiger partial charge in [0, 0.05) is 67.3 Å². The number of amides is 1. The summed E-state index contributed by atoms with van der Waals surface area (Å²) in [5.74, 6) is -2.95. The van der Waals surface area contributed by atoms with Crippen molar-refractivity contribution in [3.63, 3.8) is 0 Å². The van der Waals surface area contributed by atoms with E-state index >= 15 is 0 Å². The van der Waals surface area contributed by atoms with E-state index in [2.05, 4.69) is 15.2 Å². The molecule has 11 atom stereocenters. The van der Waals surface area contributed by atoms with Gasteiger partial charge in [-0.1, -0.05) is 37.3 Å². The number of nitrogen functional groups attached to an aromatic ring is 1. The topological polar surface area (TPSA) is 175 Å². The summed E-state index contributed by atoms with van der Waals surface area (Å²) >= 11 is 0.250. The van der Waals surface area contributed by atoms with Gasteiger partial charge in [0.1, 0.15) is 23.8 Å².